The third-order valence-corrected chi connectivity index (χ3v) is 7.62. The second-order valence-electron chi connectivity index (χ2n) is 10.9. The van der Waals surface area contributed by atoms with E-state index in [1.165, 1.54) is 0 Å². The molecule has 0 aromatic heterocycles. The molecule has 0 amide bonds. The Morgan fingerprint density at radius 1 is 0.543 bits per heavy atom. The summed E-state index contributed by atoms with van der Waals surface area (Å²) in [6.07, 6.45) is -9.48. The van der Waals surface area contributed by atoms with Gasteiger partial charge in [-0.05, 0) is 60.7 Å². The van der Waals surface area contributed by atoms with Crippen LogP contribution < -0.4 is 20.9 Å². The Morgan fingerprint density at radius 2 is 0.913 bits per heavy atom. The fraction of sp³-hybridized carbons (Fsp3) is 0.353. The maximum atomic E-state index is 10.2. The maximum Gasteiger partial charge on any atom is 0.218 e. The summed E-state index contributed by atoms with van der Waals surface area (Å²) < 4.78 is 22.6. The summed E-state index contributed by atoms with van der Waals surface area (Å²) in [5.41, 5.74) is 14.8. The van der Waals surface area contributed by atoms with Crippen LogP contribution in [0.25, 0.3) is 0 Å². The van der Waals surface area contributed by atoms with Gasteiger partial charge in [0.1, 0.15) is 48.1 Å². The summed E-state index contributed by atoms with van der Waals surface area (Å²) in [6.45, 7) is -0.998. The molecule has 5 rings (SSSR count). The number of aliphatic hydroxyl groups excluding tert-OH is 6. The zero-order valence-corrected chi connectivity index (χ0v) is 24.6. The third kappa shape index (κ3) is 7.85. The molecule has 10 N–H and O–H groups in total. The van der Waals surface area contributed by atoms with E-state index in [4.69, 9.17) is 30.4 Å². The summed E-state index contributed by atoms with van der Waals surface area (Å²) in [6, 6.07) is 19.2. The topological polar surface area (TPSA) is 210 Å². The average molecular weight is 633 g/mol. The summed E-state index contributed by atoms with van der Waals surface area (Å²) in [7, 11) is 0. The van der Waals surface area contributed by atoms with E-state index in [1.807, 2.05) is 24.3 Å². The Morgan fingerprint density at radius 3 is 1.28 bits per heavy atom. The molecular weight excluding hydrogens is 596 g/mol. The van der Waals surface area contributed by atoms with Crippen molar-refractivity contribution in [3.8, 4) is 35.2 Å². The highest BCUT2D eigenvalue weighted by atomic mass is 16.7. The highest BCUT2D eigenvalue weighted by Crippen LogP contribution is 2.25. The first-order valence-corrected chi connectivity index (χ1v) is 14.6. The maximum absolute atomic E-state index is 10.2. The van der Waals surface area contributed by atoms with Crippen molar-refractivity contribution in [3.05, 3.63) is 95.1 Å². The van der Waals surface area contributed by atoms with E-state index in [0.717, 1.165) is 11.1 Å². The van der Waals surface area contributed by atoms with Gasteiger partial charge in [0.15, 0.2) is 0 Å². The van der Waals surface area contributed by atoms with Crippen LogP contribution >= 0.6 is 0 Å². The minimum Gasteiger partial charge on any atom is -0.463 e. The summed E-state index contributed by atoms with van der Waals surface area (Å²) in [5, 5.41) is 59.1. The second kappa shape index (κ2) is 15.0. The second-order valence-corrected chi connectivity index (χ2v) is 10.9. The molecule has 10 unspecified atom stereocenters. The van der Waals surface area contributed by atoms with Crippen LogP contribution in [0.15, 0.2) is 72.8 Å². The van der Waals surface area contributed by atoms with Gasteiger partial charge in [-0.3, -0.25) is 0 Å². The van der Waals surface area contributed by atoms with E-state index in [1.54, 1.807) is 48.5 Å². The Bertz CT molecular complexity index is 1470. The molecule has 0 spiro atoms. The average Bonchev–Trinajstić information content (AvgIpc) is 3.07. The number of benzene rings is 3. The van der Waals surface area contributed by atoms with Crippen LogP contribution in [0.1, 0.15) is 22.3 Å². The van der Waals surface area contributed by atoms with Gasteiger partial charge in [0.2, 0.25) is 12.6 Å². The van der Waals surface area contributed by atoms with E-state index in [9.17, 15) is 30.6 Å². The van der Waals surface area contributed by atoms with Gasteiger partial charge < -0.3 is 61.1 Å². The zero-order valence-electron chi connectivity index (χ0n) is 24.6. The van der Waals surface area contributed by atoms with Gasteiger partial charge in [0.25, 0.3) is 0 Å². The van der Waals surface area contributed by atoms with Crippen LogP contribution in [0.5, 0.6) is 11.5 Å². The molecular formula is C34H36N2O10. The van der Waals surface area contributed by atoms with Gasteiger partial charge in [0, 0.05) is 22.3 Å². The van der Waals surface area contributed by atoms with Crippen LogP contribution in [0.2, 0.25) is 0 Å². The predicted molar refractivity (Wildman–Crippen MR) is 164 cm³/mol. The molecule has 2 saturated heterocycles. The van der Waals surface area contributed by atoms with Crippen molar-refractivity contribution in [2.75, 3.05) is 13.2 Å². The van der Waals surface area contributed by atoms with E-state index < -0.39 is 74.5 Å². The number of ether oxygens (including phenoxy) is 4. The number of nitrogens with two attached hydrogens (primary N) is 2. The molecule has 242 valence electrons. The fourth-order valence-corrected chi connectivity index (χ4v) is 4.91. The first kappa shape index (κ1) is 33.3. The van der Waals surface area contributed by atoms with Crippen molar-refractivity contribution in [3.63, 3.8) is 0 Å². The molecule has 2 heterocycles. The third-order valence-electron chi connectivity index (χ3n) is 7.62. The molecule has 2 aliphatic rings. The lowest BCUT2D eigenvalue weighted by molar-refractivity contribution is -0.239. The van der Waals surface area contributed by atoms with Crippen molar-refractivity contribution in [1.82, 2.24) is 0 Å². The molecule has 10 atom stereocenters. The van der Waals surface area contributed by atoms with Gasteiger partial charge in [-0.1, -0.05) is 35.8 Å². The molecule has 46 heavy (non-hydrogen) atoms. The first-order valence-electron chi connectivity index (χ1n) is 14.6. The van der Waals surface area contributed by atoms with E-state index in [-0.39, 0.29) is 0 Å². The molecule has 2 aliphatic heterocycles. The van der Waals surface area contributed by atoms with Crippen molar-refractivity contribution in [2.24, 2.45) is 11.5 Å². The van der Waals surface area contributed by atoms with Crippen LogP contribution in [0.4, 0.5) is 0 Å². The monoisotopic (exact) mass is 632 g/mol. The van der Waals surface area contributed by atoms with Gasteiger partial charge in [0.05, 0.1) is 25.3 Å². The lowest BCUT2D eigenvalue weighted by Gasteiger charge is -2.40. The van der Waals surface area contributed by atoms with Crippen molar-refractivity contribution in [2.45, 2.75) is 61.3 Å². The minimum atomic E-state index is -1.32. The molecule has 3 aromatic rings. The number of aliphatic hydroxyl groups is 6. The minimum absolute atomic E-state index is 0.396. The van der Waals surface area contributed by atoms with Crippen LogP contribution in [-0.4, -0.2) is 105 Å². The number of rotatable bonds is 6. The van der Waals surface area contributed by atoms with E-state index in [0.29, 0.717) is 22.6 Å². The molecule has 3 aromatic carbocycles. The van der Waals surface area contributed by atoms with Crippen LogP contribution in [-0.2, 0) is 9.47 Å². The molecule has 12 nitrogen and oxygen atoms in total. The molecule has 12 heteroatoms. The van der Waals surface area contributed by atoms with Crippen LogP contribution in [0, 0.1) is 23.7 Å². The molecule has 0 saturated carbocycles. The molecule has 0 aliphatic carbocycles. The zero-order chi connectivity index (χ0) is 32.8. The molecule has 0 radical (unpaired) electrons. The predicted octanol–water partition coefficient (Wildman–Crippen LogP) is -1.22. The highest BCUT2D eigenvalue weighted by Gasteiger charge is 2.44. The molecule has 0 bridgehead atoms. The van der Waals surface area contributed by atoms with Gasteiger partial charge in [-0.15, -0.1) is 0 Å². The quantitative estimate of drug-likeness (QED) is 0.150. The van der Waals surface area contributed by atoms with E-state index in [2.05, 4.69) is 23.7 Å². The summed E-state index contributed by atoms with van der Waals surface area (Å²) >= 11 is 0. The van der Waals surface area contributed by atoms with Gasteiger partial charge in [-0.2, -0.15) is 0 Å². The Kier molecular flexibility index (Phi) is 10.9. The first-order chi connectivity index (χ1) is 22.2. The van der Waals surface area contributed by atoms with Crippen molar-refractivity contribution >= 4 is 0 Å². The van der Waals surface area contributed by atoms with Crippen LogP contribution in [0.3, 0.4) is 0 Å². The van der Waals surface area contributed by atoms with Crippen molar-refractivity contribution in [1.29, 1.82) is 0 Å². The number of hydrogen-bond acceptors (Lipinski definition) is 12. The lowest BCUT2D eigenvalue weighted by Crippen LogP contribution is -2.63. The van der Waals surface area contributed by atoms with E-state index >= 15 is 0 Å². The Hall–Kier alpha value is -4.02. The highest BCUT2D eigenvalue weighted by molar-refractivity contribution is 5.49. The lowest BCUT2D eigenvalue weighted by atomic mass is 9.98. The SMILES string of the molecule is NC1C(Oc2cccc(C#Cc3ccc(C#Cc4cccc(OC5OC(CO)C(O)C(O)C5N)c4)cc3)c2)OC(CO)C(O)C1O. The standard InChI is InChI=1S/C34H36N2O10/c35-27-31(41)29(39)25(17-37)45-33(27)43-23-5-1-3-21(15-23)13-11-19-7-9-20(10-8-19)12-14-22-4-2-6-24(16-22)44-34-28(36)32(42)30(40)26(18-38)46-34/h1-10,15-16,25-34,37-42H,17-18,35-36H2. The smallest absolute Gasteiger partial charge is 0.218 e. The summed E-state index contributed by atoms with van der Waals surface area (Å²) in [5.74, 6) is 13.1. The normalized spacial score (nSPS) is 30.7. The Labute approximate surface area is 265 Å². The van der Waals surface area contributed by atoms with Gasteiger partial charge >= 0.3 is 0 Å². The largest absolute Gasteiger partial charge is 0.463 e. The van der Waals surface area contributed by atoms with Crippen molar-refractivity contribution < 1.29 is 49.6 Å². The van der Waals surface area contributed by atoms with Gasteiger partial charge in [-0.25, -0.2) is 0 Å². The Balaban J connectivity index is 1.20. The fourth-order valence-electron chi connectivity index (χ4n) is 4.91. The summed E-state index contributed by atoms with van der Waals surface area (Å²) in [4.78, 5) is 0. The number of hydrogen-bond donors (Lipinski definition) is 8. The molecule has 2 fully saturated rings.